The summed E-state index contributed by atoms with van der Waals surface area (Å²) >= 11 is 0. The van der Waals surface area contributed by atoms with E-state index >= 15 is 0 Å². The SMILES string of the molecule is O=C1OCC(c2ccc(OCCC(F)F)cc2)N1c1ccc2[nH]cnc2c1. The van der Waals surface area contributed by atoms with Crippen LogP contribution in [0, 0.1) is 0 Å². The van der Waals surface area contributed by atoms with E-state index in [1.54, 1.807) is 23.4 Å². The van der Waals surface area contributed by atoms with Gasteiger partial charge in [-0.15, -0.1) is 0 Å². The number of aromatic amines is 1. The van der Waals surface area contributed by atoms with Crippen molar-refractivity contribution in [2.24, 2.45) is 0 Å². The second-order valence-corrected chi connectivity index (χ2v) is 6.16. The maximum atomic E-state index is 12.3. The van der Waals surface area contributed by atoms with Crippen molar-refractivity contribution in [2.75, 3.05) is 18.1 Å². The Labute approximate surface area is 153 Å². The number of hydrogen-bond acceptors (Lipinski definition) is 4. The normalized spacial score (nSPS) is 16.9. The van der Waals surface area contributed by atoms with Gasteiger partial charge in [-0.05, 0) is 35.9 Å². The molecule has 1 unspecified atom stereocenters. The second-order valence-electron chi connectivity index (χ2n) is 6.16. The predicted octanol–water partition coefficient (Wildman–Crippen LogP) is 4.29. The third-order valence-electron chi connectivity index (χ3n) is 4.43. The number of imidazole rings is 1. The lowest BCUT2D eigenvalue weighted by Crippen LogP contribution is -2.27. The molecule has 0 saturated carbocycles. The fourth-order valence-corrected chi connectivity index (χ4v) is 3.07. The molecule has 0 spiro atoms. The summed E-state index contributed by atoms with van der Waals surface area (Å²) in [6, 6.07) is 12.3. The summed E-state index contributed by atoms with van der Waals surface area (Å²) in [5.41, 5.74) is 3.20. The second kappa shape index (κ2) is 7.22. The zero-order valence-corrected chi connectivity index (χ0v) is 14.3. The predicted molar refractivity (Wildman–Crippen MR) is 95.2 cm³/mol. The van der Waals surface area contributed by atoms with Crippen molar-refractivity contribution < 1.29 is 23.0 Å². The van der Waals surface area contributed by atoms with Crippen LogP contribution in [0.15, 0.2) is 48.8 Å². The van der Waals surface area contributed by atoms with Gasteiger partial charge in [0.15, 0.2) is 0 Å². The molecule has 1 aromatic heterocycles. The summed E-state index contributed by atoms with van der Waals surface area (Å²) in [5.74, 6) is 0.508. The first-order valence-electron chi connectivity index (χ1n) is 8.52. The van der Waals surface area contributed by atoms with E-state index in [1.165, 1.54) is 0 Å². The van der Waals surface area contributed by atoms with Crippen molar-refractivity contribution in [3.63, 3.8) is 0 Å². The van der Waals surface area contributed by atoms with E-state index in [-0.39, 0.29) is 25.7 Å². The Hall–Kier alpha value is -3.16. The van der Waals surface area contributed by atoms with Crippen molar-refractivity contribution in [3.05, 3.63) is 54.4 Å². The summed E-state index contributed by atoms with van der Waals surface area (Å²) in [6.45, 7) is 0.181. The molecule has 0 aliphatic carbocycles. The van der Waals surface area contributed by atoms with Crippen molar-refractivity contribution in [2.45, 2.75) is 18.9 Å². The Morgan fingerprint density at radius 2 is 2.07 bits per heavy atom. The van der Waals surface area contributed by atoms with Crippen LogP contribution in [0.3, 0.4) is 0 Å². The first-order valence-corrected chi connectivity index (χ1v) is 8.52. The molecule has 1 N–H and O–H groups in total. The van der Waals surface area contributed by atoms with Crippen LogP contribution in [0.25, 0.3) is 11.0 Å². The van der Waals surface area contributed by atoms with Crippen molar-refractivity contribution in [3.8, 4) is 5.75 Å². The molecule has 2 aromatic carbocycles. The van der Waals surface area contributed by atoms with Gasteiger partial charge in [0, 0.05) is 6.42 Å². The first kappa shape index (κ1) is 17.3. The molecular weight excluding hydrogens is 356 g/mol. The molecule has 0 bridgehead atoms. The lowest BCUT2D eigenvalue weighted by Gasteiger charge is -2.22. The number of fused-ring (bicyclic) bond motifs is 1. The van der Waals surface area contributed by atoms with E-state index in [0.717, 1.165) is 16.6 Å². The zero-order valence-electron chi connectivity index (χ0n) is 14.3. The van der Waals surface area contributed by atoms with Crippen LogP contribution in [0.4, 0.5) is 19.3 Å². The molecule has 6 nitrogen and oxygen atoms in total. The molecule has 3 aromatic rings. The van der Waals surface area contributed by atoms with E-state index in [9.17, 15) is 13.6 Å². The summed E-state index contributed by atoms with van der Waals surface area (Å²) in [6.07, 6.45) is -1.52. The van der Waals surface area contributed by atoms with Gasteiger partial charge in [-0.2, -0.15) is 0 Å². The highest BCUT2D eigenvalue weighted by atomic mass is 19.3. The number of hydrogen-bond donors (Lipinski definition) is 1. The topological polar surface area (TPSA) is 67.5 Å². The highest BCUT2D eigenvalue weighted by Gasteiger charge is 2.35. The summed E-state index contributed by atoms with van der Waals surface area (Å²) in [4.78, 5) is 21.1. The number of ether oxygens (including phenoxy) is 2. The number of carbonyl (C=O) groups is 1. The van der Waals surface area contributed by atoms with Crippen LogP contribution in [0.2, 0.25) is 0 Å². The first-order chi connectivity index (χ1) is 13.1. The fourth-order valence-electron chi connectivity index (χ4n) is 3.07. The average molecular weight is 373 g/mol. The number of nitrogens with zero attached hydrogens (tertiary/aromatic N) is 2. The van der Waals surface area contributed by atoms with E-state index in [1.807, 2.05) is 30.3 Å². The van der Waals surface area contributed by atoms with Gasteiger partial charge in [0.05, 0.1) is 35.7 Å². The van der Waals surface area contributed by atoms with Gasteiger partial charge < -0.3 is 14.5 Å². The Balaban J connectivity index is 1.54. The van der Waals surface area contributed by atoms with Gasteiger partial charge in [0.25, 0.3) is 0 Å². The maximum Gasteiger partial charge on any atom is 0.415 e. The summed E-state index contributed by atoms with van der Waals surface area (Å²) < 4.78 is 34.9. The Morgan fingerprint density at radius 1 is 1.26 bits per heavy atom. The third-order valence-corrected chi connectivity index (χ3v) is 4.43. The number of rotatable bonds is 6. The van der Waals surface area contributed by atoms with Crippen LogP contribution < -0.4 is 9.64 Å². The molecule has 27 heavy (non-hydrogen) atoms. The molecule has 1 amide bonds. The smallest absolute Gasteiger partial charge is 0.415 e. The average Bonchev–Trinajstić information content (AvgIpc) is 3.27. The minimum absolute atomic E-state index is 0.0438. The van der Waals surface area contributed by atoms with Crippen LogP contribution >= 0.6 is 0 Å². The molecule has 1 aliphatic rings. The third kappa shape index (κ3) is 3.55. The van der Waals surface area contributed by atoms with Gasteiger partial charge in [0.1, 0.15) is 12.4 Å². The monoisotopic (exact) mass is 373 g/mol. The fraction of sp³-hybridized carbons (Fsp3) is 0.263. The minimum atomic E-state index is -2.38. The molecule has 1 aliphatic heterocycles. The largest absolute Gasteiger partial charge is 0.493 e. The molecule has 4 rings (SSSR count). The van der Waals surface area contributed by atoms with Gasteiger partial charge in [0.2, 0.25) is 6.43 Å². The van der Waals surface area contributed by atoms with Crippen molar-refractivity contribution in [1.82, 2.24) is 9.97 Å². The molecule has 1 saturated heterocycles. The van der Waals surface area contributed by atoms with Crippen LogP contribution in [-0.2, 0) is 4.74 Å². The van der Waals surface area contributed by atoms with Gasteiger partial charge in [-0.3, -0.25) is 4.90 Å². The summed E-state index contributed by atoms with van der Waals surface area (Å²) in [7, 11) is 0. The highest BCUT2D eigenvalue weighted by molar-refractivity contribution is 5.93. The minimum Gasteiger partial charge on any atom is -0.493 e. The number of amides is 1. The molecular formula is C19H17F2N3O3. The lowest BCUT2D eigenvalue weighted by molar-refractivity contribution is 0.114. The van der Waals surface area contributed by atoms with Gasteiger partial charge in [-0.1, -0.05) is 12.1 Å². The quantitative estimate of drug-likeness (QED) is 0.700. The number of cyclic esters (lactones) is 1. The Kier molecular flexibility index (Phi) is 4.62. The highest BCUT2D eigenvalue weighted by Crippen LogP contribution is 2.34. The number of H-pyrrole nitrogens is 1. The molecule has 140 valence electrons. The van der Waals surface area contributed by atoms with E-state index in [2.05, 4.69) is 9.97 Å². The van der Waals surface area contributed by atoms with E-state index in [0.29, 0.717) is 11.4 Å². The standard InChI is InChI=1S/C19H17F2N3O3/c20-18(21)7-8-26-14-4-1-12(2-5-14)17-10-27-19(25)24(17)13-3-6-15-16(9-13)23-11-22-15/h1-6,9,11,17-18H,7-8,10H2,(H,22,23). The van der Waals surface area contributed by atoms with E-state index in [4.69, 9.17) is 9.47 Å². The lowest BCUT2D eigenvalue weighted by atomic mass is 10.1. The van der Waals surface area contributed by atoms with Crippen LogP contribution in [-0.4, -0.2) is 35.7 Å². The number of aromatic nitrogens is 2. The number of benzene rings is 2. The van der Waals surface area contributed by atoms with Gasteiger partial charge in [-0.25, -0.2) is 18.6 Å². The van der Waals surface area contributed by atoms with E-state index < -0.39 is 12.5 Å². The number of nitrogens with one attached hydrogen (secondary N) is 1. The van der Waals surface area contributed by atoms with Gasteiger partial charge >= 0.3 is 6.09 Å². The number of halogens is 2. The molecule has 1 fully saturated rings. The zero-order chi connectivity index (χ0) is 18.8. The Bertz CT molecular complexity index is 943. The molecule has 0 radical (unpaired) electrons. The molecule has 1 atom stereocenters. The maximum absolute atomic E-state index is 12.3. The summed E-state index contributed by atoms with van der Waals surface area (Å²) in [5, 5.41) is 0. The molecule has 8 heteroatoms. The van der Waals surface area contributed by atoms with Crippen LogP contribution in [0.5, 0.6) is 5.75 Å². The number of alkyl halides is 2. The molecule has 2 heterocycles. The Morgan fingerprint density at radius 3 is 2.85 bits per heavy atom. The number of anilines is 1. The van der Waals surface area contributed by atoms with Crippen LogP contribution in [0.1, 0.15) is 18.0 Å². The number of carbonyl (C=O) groups excluding carboxylic acids is 1. The van der Waals surface area contributed by atoms with Crippen molar-refractivity contribution >= 4 is 22.8 Å². The van der Waals surface area contributed by atoms with Crippen molar-refractivity contribution in [1.29, 1.82) is 0 Å².